The fourth-order valence-electron chi connectivity index (χ4n) is 3.98. The first kappa shape index (κ1) is 29.4. The Hall–Kier alpha value is -2.87. The molecule has 0 aliphatic heterocycles. The van der Waals surface area contributed by atoms with Gasteiger partial charge >= 0.3 is 0 Å². The van der Waals surface area contributed by atoms with E-state index in [9.17, 15) is 18.0 Å². The molecule has 2 aromatic rings. The van der Waals surface area contributed by atoms with Gasteiger partial charge in [-0.1, -0.05) is 70.2 Å². The summed E-state index contributed by atoms with van der Waals surface area (Å²) in [5.74, 6) is -0.328. The lowest BCUT2D eigenvalue weighted by Gasteiger charge is -2.33. The van der Waals surface area contributed by atoms with E-state index in [1.807, 2.05) is 63.2 Å². The Morgan fingerprint density at radius 1 is 0.917 bits per heavy atom. The molecular formula is C28H41N3O4S. The van der Waals surface area contributed by atoms with Crippen molar-refractivity contribution in [1.82, 2.24) is 10.2 Å². The average Bonchev–Trinajstić information content (AvgIpc) is 2.84. The van der Waals surface area contributed by atoms with Crippen LogP contribution in [0.15, 0.2) is 54.6 Å². The lowest BCUT2D eigenvalue weighted by molar-refractivity contribution is -0.139. The van der Waals surface area contributed by atoms with Crippen molar-refractivity contribution in [2.24, 2.45) is 0 Å². The van der Waals surface area contributed by atoms with Gasteiger partial charge in [0.05, 0.1) is 11.9 Å². The Morgan fingerprint density at radius 2 is 1.53 bits per heavy atom. The molecule has 198 valence electrons. The molecule has 2 rings (SSSR count). The molecule has 0 unspecified atom stereocenters. The van der Waals surface area contributed by atoms with Gasteiger partial charge in [0.1, 0.15) is 12.6 Å². The van der Waals surface area contributed by atoms with E-state index < -0.39 is 22.0 Å². The summed E-state index contributed by atoms with van der Waals surface area (Å²) >= 11 is 0. The molecular weight excluding hydrogens is 474 g/mol. The van der Waals surface area contributed by atoms with Gasteiger partial charge < -0.3 is 10.2 Å². The third kappa shape index (κ3) is 8.36. The van der Waals surface area contributed by atoms with E-state index in [0.29, 0.717) is 31.0 Å². The summed E-state index contributed by atoms with van der Waals surface area (Å²) in [5.41, 5.74) is 2.54. The van der Waals surface area contributed by atoms with Gasteiger partial charge in [0.2, 0.25) is 21.8 Å². The molecule has 2 atom stereocenters. The monoisotopic (exact) mass is 515 g/mol. The molecule has 0 bridgehead atoms. The van der Waals surface area contributed by atoms with Crippen molar-refractivity contribution in [3.05, 3.63) is 65.7 Å². The number of hydrogen-bond acceptors (Lipinski definition) is 4. The van der Waals surface area contributed by atoms with Gasteiger partial charge in [-0.3, -0.25) is 13.9 Å². The van der Waals surface area contributed by atoms with Gasteiger partial charge in [-0.15, -0.1) is 0 Å². The topological polar surface area (TPSA) is 86.8 Å². The van der Waals surface area contributed by atoms with E-state index in [2.05, 4.69) is 19.2 Å². The number of nitrogens with zero attached hydrogens (tertiary/aromatic N) is 2. The fraction of sp³-hybridized carbons (Fsp3) is 0.500. The number of hydrogen-bond donors (Lipinski definition) is 1. The molecule has 8 heteroatoms. The summed E-state index contributed by atoms with van der Waals surface area (Å²) in [5, 5.41) is 2.98. The molecule has 2 amide bonds. The molecule has 36 heavy (non-hydrogen) atoms. The predicted octanol–water partition coefficient (Wildman–Crippen LogP) is 4.34. The van der Waals surface area contributed by atoms with Crippen molar-refractivity contribution < 1.29 is 18.0 Å². The number of amides is 2. The average molecular weight is 516 g/mol. The zero-order valence-electron chi connectivity index (χ0n) is 22.4. The van der Waals surface area contributed by atoms with Crippen LogP contribution < -0.4 is 9.62 Å². The minimum Gasteiger partial charge on any atom is -0.352 e. The molecule has 0 fully saturated rings. The molecule has 0 aliphatic carbocycles. The van der Waals surface area contributed by atoms with E-state index in [-0.39, 0.29) is 18.5 Å². The first-order valence-corrected chi connectivity index (χ1v) is 14.5. The van der Waals surface area contributed by atoms with Crippen molar-refractivity contribution in [1.29, 1.82) is 0 Å². The second kappa shape index (κ2) is 13.4. The number of carbonyl (C=O) groups excluding carboxylic acids is 2. The van der Waals surface area contributed by atoms with Crippen molar-refractivity contribution in [3.63, 3.8) is 0 Å². The maximum atomic E-state index is 13.7. The van der Waals surface area contributed by atoms with Crippen molar-refractivity contribution in [2.45, 2.75) is 71.9 Å². The van der Waals surface area contributed by atoms with Gasteiger partial charge in [-0.2, -0.15) is 0 Å². The highest BCUT2D eigenvalue weighted by atomic mass is 32.2. The quantitative estimate of drug-likeness (QED) is 0.430. The van der Waals surface area contributed by atoms with E-state index in [0.717, 1.165) is 28.1 Å². The maximum absolute atomic E-state index is 13.7. The van der Waals surface area contributed by atoms with Crippen LogP contribution in [-0.2, 0) is 26.0 Å². The second-order valence-electron chi connectivity index (χ2n) is 9.58. The summed E-state index contributed by atoms with van der Waals surface area (Å²) in [6.07, 6.45) is 2.85. The zero-order valence-corrected chi connectivity index (χ0v) is 23.2. The van der Waals surface area contributed by atoms with Crippen LogP contribution in [-0.4, -0.2) is 56.6 Å². The SMILES string of the molecule is CC[C@H](C(=O)N[C@@H](C)CC)N(CCc1ccccc1)C(=O)CN(c1ccc(C(C)C)cc1)S(C)(=O)=O. The van der Waals surface area contributed by atoms with Crippen LogP contribution in [0.1, 0.15) is 64.5 Å². The standard InChI is InChI=1S/C28H41N3O4S/c1-7-22(5)29-28(33)26(8-2)30(19-18-23-12-10-9-11-13-23)27(32)20-31(36(6,34)35)25-16-14-24(15-17-25)21(3)4/h9-17,21-22,26H,7-8,18-20H2,1-6H3,(H,29,33)/t22-,26+/m0/s1. The predicted molar refractivity (Wildman–Crippen MR) is 147 cm³/mol. The Morgan fingerprint density at radius 3 is 2.03 bits per heavy atom. The van der Waals surface area contributed by atoms with Crippen LogP contribution in [0.4, 0.5) is 5.69 Å². The highest BCUT2D eigenvalue weighted by Crippen LogP contribution is 2.22. The molecule has 1 N–H and O–H groups in total. The maximum Gasteiger partial charge on any atom is 0.244 e. The van der Waals surface area contributed by atoms with Crippen LogP contribution in [0.3, 0.4) is 0 Å². The van der Waals surface area contributed by atoms with Crippen LogP contribution in [0.25, 0.3) is 0 Å². The molecule has 0 saturated carbocycles. The highest BCUT2D eigenvalue weighted by molar-refractivity contribution is 7.92. The van der Waals surface area contributed by atoms with Gasteiger partial charge in [0, 0.05) is 12.6 Å². The van der Waals surface area contributed by atoms with Gasteiger partial charge in [-0.05, 0) is 55.4 Å². The molecule has 0 radical (unpaired) electrons. The number of rotatable bonds is 13. The number of nitrogens with one attached hydrogen (secondary N) is 1. The molecule has 0 aromatic heterocycles. The van der Waals surface area contributed by atoms with Crippen LogP contribution in [0.2, 0.25) is 0 Å². The number of benzene rings is 2. The minimum atomic E-state index is -3.74. The molecule has 0 heterocycles. The molecule has 0 saturated heterocycles. The summed E-state index contributed by atoms with van der Waals surface area (Å²) < 4.78 is 26.6. The van der Waals surface area contributed by atoms with E-state index >= 15 is 0 Å². The highest BCUT2D eigenvalue weighted by Gasteiger charge is 2.31. The van der Waals surface area contributed by atoms with Crippen molar-refractivity contribution in [3.8, 4) is 0 Å². The third-order valence-electron chi connectivity index (χ3n) is 6.40. The molecule has 2 aromatic carbocycles. The largest absolute Gasteiger partial charge is 0.352 e. The molecule has 0 spiro atoms. The number of anilines is 1. The molecule has 7 nitrogen and oxygen atoms in total. The summed E-state index contributed by atoms with van der Waals surface area (Å²) in [6.45, 7) is 9.83. The number of carbonyl (C=O) groups is 2. The third-order valence-corrected chi connectivity index (χ3v) is 7.54. The Balaban J connectivity index is 2.36. The number of sulfonamides is 1. The van der Waals surface area contributed by atoms with Crippen molar-refractivity contribution >= 4 is 27.5 Å². The van der Waals surface area contributed by atoms with E-state index in [4.69, 9.17) is 0 Å². The van der Waals surface area contributed by atoms with Gasteiger partial charge in [-0.25, -0.2) is 8.42 Å². The van der Waals surface area contributed by atoms with E-state index in [1.165, 1.54) is 4.90 Å². The second-order valence-corrected chi connectivity index (χ2v) is 11.5. The fourth-order valence-corrected chi connectivity index (χ4v) is 4.83. The normalized spacial score (nSPS) is 13.2. The van der Waals surface area contributed by atoms with Gasteiger partial charge in [0.25, 0.3) is 0 Å². The van der Waals surface area contributed by atoms with Crippen LogP contribution >= 0.6 is 0 Å². The first-order valence-electron chi connectivity index (χ1n) is 12.7. The first-order chi connectivity index (χ1) is 17.0. The van der Waals surface area contributed by atoms with E-state index in [1.54, 1.807) is 12.1 Å². The summed E-state index contributed by atoms with van der Waals surface area (Å²) in [7, 11) is -3.74. The Kier molecular flexibility index (Phi) is 11.0. The Bertz CT molecular complexity index is 1090. The minimum absolute atomic E-state index is 0.0235. The molecule has 0 aliphatic rings. The summed E-state index contributed by atoms with van der Waals surface area (Å²) in [4.78, 5) is 28.3. The van der Waals surface area contributed by atoms with Crippen molar-refractivity contribution in [2.75, 3.05) is 23.7 Å². The smallest absolute Gasteiger partial charge is 0.244 e. The lowest BCUT2D eigenvalue weighted by atomic mass is 10.0. The zero-order chi connectivity index (χ0) is 26.9. The lowest BCUT2D eigenvalue weighted by Crippen LogP contribution is -2.54. The summed E-state index contributed by atoms with van der Waals surface area (Å²) in [6, 6.07) is 16.2. The Labute approximate surface area is 216 Å². The van der Waals surface area contributed by atoms with Crippen LogP contribution in [0.5, 0.6) is 0 Å². The van der Waals surface area contributed by atoms with Crippen LogP contribution in [0, 0.1) is 0 Å². The van der Waals surface area contributed by atoms with Gasteiger partial charge in [0.15, 0.2) is 0 Å².